The van der Waals surface area contributed by atoms with E-state index in [-0.39, 0.29) is 18.1 Å². The van der Waals surface area contributed by atoms with Gasteiger partial charge >= 0.3 is 5.97 Å². The average molecular weight is 286 g/mol. The van der Waals surface area contributed by atoms with Crippen molar-refractivity contribution < 1.29 is 14.3 Å². The van der Waals surface area contributed by atoms with E-state index in [9.17, 15) is 4.79 Å². The first-order valence-electron chi connectivity index (χ1n) is 7.56. The van der Waals surface area contributed by atoms with Crippen LogP contribution in [0, 0.1) is 5.92 Å². The molecule has 1 fully saturated rings. The van der Waals surface area contributed by atoms with Crippen LogP contribution in [0.4, 0.5) is 0 Å². The highest BCUT2D eigenvalue weighted by molar-refractivity contribution is 5.76. The van der Waals surface area contributed by atoms with Gasteiger partial charge in [-0.2, -0.15) is 0 Å². The van der Waals surface area contributed by atoms with Crippen LogP contribution in [-0.4, -0.2) is 62.9 Å². The Bertz CT molecular complexity index is 293. The van der Waals surface area contributed by atoms with Crippen LogP contribution in [0.25, 0.3) is 0 Å². The van der Waals surface area contributed by atoms with E-state index in [4.69, 9.17) is 9.47 Å². The number of hydrogen-bond donors (Lipinski definition) is 1. The number of nitrogens with one attached hydrogen (secondary N) is 1. The van der Waals surface area contributed by atoms with Gasteiger partial charge in [-0.1, -0.05) is 13.8 Å². The first-order valence-corrected chi connectivity index (χ1v) is 7.56. The Balaban J connectivity index is 2.63. The van der Waals surface area contributed by atoms with Gasteiger partial charge in [-0.15, -0.1) is 0 Å². The molecule has 0 amide bonds. The molecule has 0 bridgehead atoms. The molecule has 0 spiro atoms. The molecule has 5 nitrogen and oxygen atoms in total. The van der Waals surface area contributed by atoms with Gasteiger partial charge in [-0.25, -0.2) is 0 Å². The zero-order valence-electron chi connectivity index (χ0n) is 13.5. The fraction of sp³-hybridized carbons (Fsp3) is 0.933. The largest absolute Gasteiger partial charge is 0.468 e. The van der Waals surface area contributed by atoms with Gasteiger partial charge in [0.1, 0.15) is 6.04 Å². The molecule has 1 aliphatic rings. The summed E-state index contributed by atoms with van der Waals surface area (Å²) in [6, 6.07) is 0.462. The molecule has 0 aromatic heterocycles. The molecule has 1 saturated carbocycles. The molecule has 118 valence electrons. The third kappa shape index (κ3) is 5.77. The van der Waals surface area contributed by atoms with Crippen molar-refractivity contribution in [2.24, 2.45) is 5.92 Å². The van der Waals surface area contributed by atoms with Crippen molar-refractivity contribution in [2.75, 3.05) is 33.9 Å². The summed E-state index contributed by atoms with van der Waals surface area (Å²) in [5.74, 6) is 0.577. The third-order valence-electron chi connectivity index (χ3n) is 3.90. The lowest BCUT2D eigenvalue weighted by Crippen LogP contribution is -2.52. The summed E-state index contributed by atoms with van der Waals surface area (Å²) in [5, 5.41) is 3.29. The van der Waals surface area contributed by atoms with E-state index in [0.717, 1.165) is 12.5 Å². The summed E-state index contributed by atoms with van der Waals surface area (Å²) in [6.07, 6.45) is 2.59. The fourth-order valence-electron chi connectivity index (χ4n) is 2.52. The van der Waals surface area contributed by atoms with Crippen molar-refractivity contribution in [2.45, 2.75) is 51.7 Å². The van der Waals surface area contributed by atoms with Crippen LogP contribution in [0.15, 0.2) is 0 Å². The summed E-state index contributed by atoms with van der Waals surface area (Å²) < 4.78 is 10.1. The SMILES string of the molecule is COCCN(CC(NC(C)C)C(=O)OC)C(C)C1CC1. The van der Waals surface area contributed by atoms with Crippen molar-refractivity contribution in [1.29, 1.82) is 0 Å². The lowest BCUT2D eigenvalue weighted by Gasteiger charge is -2.32. The van der Waals surface area contributed by atoms with Crippen LogP contribution in [0.1, 0.15) is 33.6 Å². The van der Waals surface area contributed by atoms with E-state index in [1.54, 1.807) is 7.11 Å². The van der Waals surface area contributed by atoms with Gasteiger partial charge in [0.15, 0.2) is 0 Å². The second-order valence-corrected chi connectivity index (χ2v) is 5.96. The maximum Gasteiger partial charge on any atom is 0.324 e. The van der Waals surface area contributed by atoms with Gasteiger partial charge in [0.05, 0.1) is 13.7 Å². The zero-order valence-corrected chi connectivity index (χ0v) is 13.5. The van der Waals surface area contributed by atoms with E-state index in [0.29, 0.717) is 19.2 Å². The summed E-state index contributed by atoms with van der Waals surface area (Å²) >= 11 is 0. The molecular weight excluding hydrogens is 256 g/mol. The first kappa shape index (κ1) is 17.4. The standard InChI is InChI=1S/C15H30N2O3/c1-11(2)16-14(15(18)20-5)10-17(8-9-19-4)12(3)13-6-7-13/h11-14,16H,6-10H2,1-5H3. The number of methoxy groups -OCH3 is 2. The fourth-order valence-corrected chi connectivity index (χ4v) is 2.52. The third-order valence-corrected chi connectivity index (χ3v) is 3.90. The normalized spacial score (nSPS) is 18.4. The highest BCUT2D eigenvalue weighted by Crippen LogP contribution is 2.35. The van der Waals surface area contributed by atoms with Gasteiger partial charge in [0.25, 0.3) is 0 Å². The average Bonchev–Trinajstić information content (AvgIpc) is 3.24. The van der Waals surface area contributed by atoms with Crippen LogP contribution in [-0.2, 0) is 14.3 Å². The Labute approximate surface area is 123 Å². The Kier molecular flexibility index (Phi) is 7.48. The summed E-state index contributed by atoms with van der Waals surface area (Å²) in [7, 11) is 3.16. The van der Waals surface area contributed by atoms with Crippen LogP contribution in [0.5, 0.6) is 0 Å². The minimum absolute atomic E-state index is 0.191. The van der Waals surface area contributed by atoms with Crippen LogP contribution in [0.2, 0.25) is 0 Å². The van der Waals surface area contributed by atoms with Crippen LogP contribution >= 0.6 is 0 Å². The molecule has 0 heterocycles. The smallest absolute Gasteiger partial charge is 0.324 e. The molecule has 1 N–H and O–H groups in total. The van der Waals surface area contributed by atoms with Crippen LogP contribution < -0.4 is 5.32 Å². The quantitative estimate of drug-likeness (QED) is 0.613. The van der Waals surface area contributed by atoms with Crippen molar-refractivity contribution in [3.8, 4) is 0 Å². The number of ether oxygens (including phenoxy) is 2. The highest BCUT2D eigenvalue weighted by Gasteiger charge is 2.34. The molecule has 2 atom stereocenters. The Morgan fingerprint density at radius 1 is 1.30 bits per heavy atom. The maximum atomic E-state index is 11.9. The van der Waals surface area contributed by atoms with E-state index in [1.165, 1.54) is 20.0 Å². The molecule has 0 aromatic rings. The lowest BCUT2D eigenvalue weighted by atomic mass is 10.1. The molecule has 1 rings (SSSR count). The van der Waals surface area contributed by atoms with Gasteiger partial charge in [0, 0.05) is 32.3 Å². The molecule has 1 aliphatic carbocycles. The predicted molar refractivity (Wildman–Crippen MR) is 79.7 cm³/mol. The van der Waals surface area contributed by atoms with Crippen molar-refractivity contribution >= 4 is 5.97 Å². The highest BCUT2D eigenvalue weighted by atomic mass is 16.5. The topological polar surface area (TPSA) is 50.8 Å². The Morgan fingerprint density at radius 3 is 2.40 bits per heavy atom. The lowest BCUT2D eigenvalue weighted by molar-refractivity contribution is -0.144. The first-order chi connectivity index (χ1) is 9.49. The number of nitrogens with zero attached hydrogens (tertiary/aromatic N) is 1. The van der Waals surface area contributed by atoms with E-state index >= 15 is 0 Å². The molecular formula is C15H30N2O3. The van der Waals surface area contributed by atoms with Crippen molar-refractivity contribution in [1.82, 2.24) is 10.2 Å². The second-order valence-electron chi connectivity index (χ2n) is 5.96. The summed E-state index contributed by atoms with van der Waals surface area (Å²) in [5.41, 5.74) is 0. The van der Waals surface area contributed by atoms with Gasteiger partial charge < -0.3 is 14.8 Å². The Hall–Kier alpha value is -0.650. The van der Waals surface area contributed by atoms with Crippen molar-refractivity contribution in [3.05, 3.63) is 0 Å². The maximum absolute atomic E-state index is 11.9. The van der Waals surface area contributed by atoms with Gasteiger partial charge in [0.2, 0.25) is 0 Å². The summed E-state index contributed by atoms with van der Waals surface area (Å²) in [4.78, 5) is 14.3. The molecule has 0 aromatic carbocycles. The molecule has 5 heteroatoms. The number of esters is 1. The van der Waals surface area contributed by atoms with Crippen LogP contribution in [0.3, 0.4) is 0 Å². The predicted octanol–water partition coefficient (Wildman–Crippen LogP) is 1.27. The van der Waals surface area contributed by atoms with Crippen molar-refractivity contribution in [3.63, 3.8) is 0 Å². The van der Waals surface area contributed by atoms with E-state index < -0.39 is 0 Å². The van der Waals surface area contributed by atoms with Gasteiger partial charge in [-0.3, -0.25) is 9.69 Å². The monoisotopic (exact) mass is 286 g/mol. The molecule has 0 radical (unpaired) electrons. The van der Waals surface area contributed by atoms with E-state index in [2.05, 4.69) is 17.1 Å². The summed E-state index contributed by atoms with van der Waals surface area (Å²) in [6.45, 7) is 8.54. The number of carbonyl (C=O) groups is 1. The molecule has 0 aliphatic heterocycles. The van der Waals surface area contributed by atoms with E-state index in [1.807, 2.05) is 13.8 Å². The Morgan fingerprint density at radius 2 is 1.95 bits per heavy atom. The second kappa shape index (κ2) is 8.60. The van der Waals surface area contributed by atoms with Gasteiger partial charge in [-0.05, 0) is 25.7 Å². The number of hydrogen-bond acceptors (Lipinski definition) is 5. The molecule has 20 heavy (non-hydrogen) atoms. The minimum atomic E-state index is -0.280. The number of carbonyl (C=O) groups excluding carboxylic acids is 1. The molecule has 0 saturated heterocycles. The molecule has 2 unspecified atom stereocenters. The zero-order chi connectivity index (χ0) is 15.1. The number of rotatable bonds is 10. The minimum Gasteiger partial charge on any atom is -0.468 e.